The Bertz CT molecular complexity index is 475. The topological polar surface area (TPSA) is 25.8 Å². The van der Waals surface area contributed by atoms with Crippen LogP contribution in [0.5, 0.6) is 0 Å². The van der Waals surface area contributed by atoms with E-state index in [0.29, 0.717) is 0 Å². The molecule has 2 rings (SSSR count). The summed E-state index contributed by atoms with van der Waals surface area (Å²) in [5.74, 6) is 0. The largest absolute Gasteiger partial charge is 0.264 e. The normalized spacial score (nSPS) is 10.3. The Morgan fingerprint density at radius 1 is 1.07 bits per heavy atom. The third-order valence-electron chi connectivity index (χ3n) is 2.63. The lowest BCUT2D eigenvalue weighted by Crippen LogP contribution is -1.94. The first-order valence-electron chi connectivity index (χ1n) is 5.03. The van der Waals surface area contributed by atoms with E-state index in [1.54, 1.807) is 6.20 Å². The fraction of sp³-hybridized carbons (Fsp3) is 0.231. The minimum atomic E-state index is 1.06. The Hall–Kier alpha value is -1.70. The average molecular weight is 198 g/mol. The van der Waals surface area contributed by atoms with Crippen molar-refractivity contribution >= 4 is 0 Å². The van der Waals surface area contributed by atoms with Crippen LogP contribution in [0, 0.1) is 20.8 Å². The average Bonchev–Trinajstić information content (AvgIpc) is 2.25. The standard InChI is InChI=1S/C13H14N2/c1-9-7-13(11(3)15-10(9)2)12-5-4-6-14-8-12/h4-8H,1-3H3. The van der Waals surface area contributed by atoms with Crippen LogP contribution in [0.4, 0.5) is 0 Å². The van der Waals surface area contributed by atoms with Crippen molar-refractivity contribution in [2.24, 2.45) is 0 Å². The van der Waals surface area contributed by atoms with Gasteiger partial charge in [0.05, 0.1) is 0 Å². The highest BCUT2D eigenvalue weighted by atomic mass is 14.7. The molecule has 2 aromatic rings. The maximum absolute atomic E-state index is 4.52. The summed E-state index contributed by atoms with van der Waals surface area (Å²) in [5.41, 5.74) is 5.68. The van der Waals surface area contributed by atoms with Crippen molar-refractivity contribution in [3.63, 3.8) is 0 Å². The molecular formula is C13H14N2. The summed E-state index contributed by atoms with van der Waals surface area (Å²) in [5, 5.41) is 0. The van der Waals surface area contributed by atoms with E-state index in [1.807, 2.05) is 26.1 Å². The summed E-state index contributed by atoms with van der Waals surface area (Å²) < 4.78 is 0. The van der Waals surface area contributed by atoms with Gasteiger partial charge in [-0.2, -0.15) is 0 Å². The van der Waals surface area contributed by atoms with Gasteiger partial charge >= 0.3 is 0 Å². The van der Waals surface area contributed by atoms with Gasteiger partial charge in [0.25, 0.3) is 0 Å². The molecule has 76 valence electrons. The number of nitrogens with zero attached hydrogens (tertiary/aromatic N) is 2. The van der Waals surface area contributed by atoms with Crippen LogP contribution in [-0.2, 0) is 0 Å². The Morgan fingerprint density at radius 2 is 1.87 bits per heavy atom. The molecule has 2 heterocycles. The molecule has 0 spiro atoms. The minimum Gasteiger partial charge on any atom is -0.264 e. The molecule has 0 aliphatic heterocycles. The van der Waals surface area contributed by atoms with Gasteiger partial charge in [0.2, 0.25) is 0 Å². The highest BCUT2D eigenvalue weighted by Gasteiger charge is 2.05. The Balaban J connectivity index is 2.59. The zero-order valence-electron chi connectivity index (χ0n) is 9.28. The van der Waals surface area contributed by atoms with Gasteiger partial charge in [-0.3, -0.25) is 9.97 Å². The van der Waals surface area contributed by atoms with Crippen molar-refractivity contribution in [3.8, 4) is 11.1 Å². The van der Waals surface area contributed by atoms with Gasteiger partial charge in [-0.15, -0.1) is 0 Å². The number of aromatic nitrogens is 2. The fourth-order valence-electron chi connectivity index (χ4n) is 1.64. The van der Waals surface area contributed by atoms with Crippen molar-refractivity contribution in [1.82, 2.24) is 9.97 Å². The molecule has 0 fully saturated rings. The predicted octanol–water partition coefficient (Wildman–Crippen LogP) is 3.07. The van der Waals surface area contributed by atoms with Crippen molar-refractivity contribution < 1.29 is 0 Å². The van der Waals surface area contributed by atoms with E-state index in [1.165, 1.54) is 11.1 Å². The van der Waals surface area contributed by atoms with Crippen LogP contribution in [0.1, 0.15) is 17.0 Å². The maximum atomic E-state index is 4.52. The molecule has 0 amide bonds. The van der Waals surface area contributed by atoms with E-state index in [-0.39, 0.29) is 0 Å². The first kappa shape index (κ1) is 9.84. The molecule has 0 N–H and O–H groups in total. The van der Waals surface area contributed by atoms with E-state index in [2.05, 4.69) is 29.0 Å². The third-order valence-corrected chi connectivity index (χ3v) is 2.63. The summed E-state index contributed by atoms with van der Waals surface area (Å²) in [4.78, 5) is 8.65. The quantitative estimate of drug-likeness (QED) is 0.703. The van der Waals surface area contributed by atoms with Gasteiger partial charge in [-0.25, -0.2) is 0 Å². The lowest BCUT2D eigenvalue weighted by atomic mass is 10.0. The van der Waals surface area contributed by atoms with Crippen LogP contribution < -0.4 is 0 Å². The zero-order chi connectivity index (χ0) is 10.8. The number of pyridine rings is 2. The van der Waals surface area contributed by atoms with Crippen molar-refractivity contribution in [2.45, 2.75) is 20.8 Å². The molecule has 0 unspecified atom stereocenters. The Kier molecular flexibility index (Phi) is 2.50. The van der Waals surface area contributed by atoms with Gasteiger partial charge < -0.3 is 0 Å². The first-order chi connectivity index (χ1) is 7.18. The van der Waals surface area contributed by atoms with Gasteiger partial charge in [-0.1, -0.05) is 6.07 Å². The van der Waals surface area contributed by atoms with Crippen LogP contribution in [0.15, 0.2) is 30.6 Å². The Morgan fingerprint density at radius 3 is 2.53 bits per heavy atom. The van der Waals surface area contributed by atoms with Gasteiger partial charge in [-0.05, 0) is 38.5 Å². The van der Waals surface area contributed by atoms with E-state index < -0.39 is 0 Å². The summed E-state index contributed by atoms with van der Waals surface area (Å²) >= 11 is 0. The number of hydrogen-bond acceptors (Lipinski definition) is 2. The molecule has 2 aromatic heterocycles. The van der Waals surface area contributed by atoms with E-state index in [4.69, 9.17) is 0 Å². The molecule has 0 atom stereocenters. The molecule has 0 aliphatic carbocycles. The second-order valence-corrected chi connectivity index (χ2v) is 3.77. The van der Waals surface area contributed by atoms with Crippen molar-refractivity contribution in [2.75, 3.05) is 0 Å². The molecule has 0 saturated heterocycles. The molecule has 2 nitrogen and oxygen atoms in total. The Labute approximate surface area is 90.0 Å². The molecule has 15 heavy (non-hydrogen) atoms. The molecular weight excluding hydrogens is 184 g/mol. The van der Waals surface area contributed by atoms with E-state index in [0.717, 1.165) is 17.0 Å². The molecule has 0 saturated carbocycles. The third kappa shape index (κ3) is 1.89. The SMILES string of the molecule is Cc1cc(-c2cccnc2)c(C)nc1C. The number of aryl methyl sites for hydroxylation is 3. The van der Waals surface area contributed by atoms with Crippen LogP contribution in [0.2, 0.25) is 0 Å². The van der Waals surface area contributed by atoms with Crippen LogP contribution >= 0.6 is 0 Å². The van der Waals surface area contributed by atoms with Gasteiger partial charge in [0, 0.05) is 34.9 Å². The maximum Gasteiger partial charge on any atom is 0.0454 e. The molecule has 0 aliphatic rings. The van der Waals surface area contributed by atoms with Crippen molar-refractivity contribution in [3.05, 3.63) is 47.5 Å². The van der Waals surface area contributed by atoms with Crippen LogP contribution in [-0.4, -0.2) is 9.97 Å². The predicted molar refractivity (Wildman–Crippen MR) is 61.7 cm³/mol. The summed E-state index contributed by atoms with van der Waals surface area (Å²) in [6.45, 7) is 6.16. The zero-order valence-corrected chi connectivity index (χ0v) is 9.28. The van der Waals surface area contributed by atoms with Gasteiger partial charge in [0.15, 0.2) is 0 Å². The second-order valence-electron chi connectivity index (χ2n) is 3.77. The molecule has 0 bridgehead atoms. The number of hydrogen-bond donors (Lipinski definition) is 0. The lowest BCUT2D eigenvalue weighted by Gasteiger charge is -2.08. The van der Waals surface area contributed by atoms with Crippen LogP contribution in [0.25, 0.3) is 11.1 Å². The van der Waals surface area contributed by atoms with Crippen LogP contribution in [0.3, 0.4) is 0 Å². The molecule has 0 radical (unpaired) electrons. The van der Waals surface area contributed by atoms with E-state index in [9.17, 15) is 0 Å². The van der Waals surface area contributed by atoms with E-state index >= 15 is 0 Å². The molecule has 2 heteroatoms. The molecule has 0 aromatic carbocycles. The summed E-state index contributed by atoms with van der Waals surface area (Å²) in [6, 6.07) is 6.18. The lowest BCUT2D eigenvalue weighted by molar-refractivity contribution is 1.09. The van der Waals surface area contributed by atoms with Crippen molar-refractivity contribution in [1.29, 1.82) is 0 Å². The monoisotopic (exact) mass is 198 g/mol. The van der Waals surface area contributed by atoms with Gasteiger partial charge in [0.1, 0.15) is 0 Å². The smallest absolute Gasteiger partial charge is 0.0454 e. The summed E-state index contributed by atoms with van der Waals surface area (Å²) in [7, 11) is 0. The fourth-order valence-corrected chi connectivity index (χ4v) is 1.64. The highest BCUT2D eigenvalue weighted by molar-refractivity contribution is 5.65. The minimum absolute atomic E-state index is 1.06. The summed E-state index contributed by atoms with van der Waals surface area (Å²) in [6.07, 6.45) is 3.66. The highest BCUT2D eigenvalue weighted by Crippen LogP contribution is 2.23. The first-order valence-corrected chi connectivity index (χ1v) is 5.03. The second kappa shape index (κ2) is 3.81. The number of rotatable bonds is 1.